The number of nitrogens with zero attached hydrogens (tertiary/aromatic N) is 2. The molecule has 8 heteroatoms. The van der Waals surface area contributed by atoms with E-state index >= 15 is 0 Å². The molecule has 0 saturated heterocycles. The molecular formula is C23H24FN5O2. The number of carboxylic acids is 1. The molecule has 4 N–H and O–H groups in total. The number of likely N-dealkylation sites (N-methyl/N-ethyl adjacent to an activating group) is 1. The van der Waals surface area contributed by atoms with Crippen LogP contribution < -0.4 is 10.6 Å². The van der Waals surface area contributed by atoms with Crippen LogP contribution in [0.4, 0.5) is 15.8 Å². The summed E-state index contributed by atoms with van der Waals surface area (Å²) in [5, 5.41) is 17.2. The molecular weight excluding hydrogens is 397 g/mol. The van der Waals surface area contributed by atoms with E-state index in [1.807, 2.05) is 20.2 Å². The summed E-state index contributed by atoms with van der Waals surface area (Å²) in [4.78, 5) is 21.3. The molecule has 160 valence electrons. The summed E-state index contributed by atoms with van der Waals surface area (Å²) in [6.07, 6.45) is 0. The number of anilines is 2. The van der Waals surface area contributed by atoms with Gasteiger partial charge >= 0.3 is 5.97 Å². The van der Waals surface area contributed by atoms with Crippen LogP contribution in [0.15, 0.2) is 42.5 Å². The van der Waals surface area contributed by atoms with E-state index in [1.54, 1.807) is 31.3 Å². The number of fused-ring (bicyclic) bond motifs is 2. The molecule has 0 fully saturated rings. The lowest BCUT2D eigenvalue weighted by molar-refractivity contribution is 0.0697. The van der Waals surface area contributed by atoms with Crippen molar-refractivity contribution >= 4 is 39.3 Å². The summed E-state index contributed by atoms with van der Waals surface area (Å²) in [5.41, 5.74) is 4.61. The summed E-state index contributed by atoms with van der Waals surface area (Å²) in [5.74, 6) is -1.31. The van der Waals surface area contributed by atoms with Crippen LogP contribution in [0, 0.1) is 5.82 Å². The number of aromatic amines is 1. The van der Waals surface area contributed by atoms with Crippen LogP contribution in [0.2, 0.25) is 0 Å². The van der Waals surface area contributed by atoms with Gasteiger partial charge in [-0.2, -0.15) is 0 Å². The number of carboxylic acid groups (broad SMARTS) is 1. The molecule has 0 spiro atoms. The normalized spacial score (nSPS) is 11.4. The van der Waals surface area contributed by atoms with E-state index in [0.29, 0.717) is 28.8 Å². The van der Waals surface area contributed by atoms with E-state index in [-0.39, 0.29) is 11.4 Å². The molecule has 0 aliphatic carbocycles. The largest absolute Gasteiger partial charge is 0.478 e. The van der Waals surface area contributed by atoms with Gasteiger partial charge < -0.3 is 25.6 Å². The molecule has 0 aliphatic rings. The third-order valence-electron chi connectivity index (χ3n) is 5.21. The van der Waals surface area contributed by atoms with E-state index in [1.165, 1.54) is 12.1 Å². The highest BCUT2D eigenvalue weighted by atomic mass is 19.1. The van der Waals surface area contributed by atoms with Crippen molar-refractivity contribution in [2.75, 3.05) is 44.9 Å². The van der Waals surface area contributed by atoms with Gasteiger partial charge in [0, 0.05) is 36.6 Å². The van der Waals surface area contributed by atoms with Gasteiger partial charge in [-0.3, -0.25) is 0 Å². The molecule has 0 radical (unpaired) electrons. The number of rotatable bonds is 7. The molecule has 4 aromatic rings. The first kappa shape index (κ1) is 20.6. The summed E-state index contributed by atoms with van der Waals surface area (Å²) < 4.78 is 14.3. The van der Waals surface area contributed by atoms with Crippen LogP contribution in [-0.2, 0) is 0 Å². The van der Waals surface area contributed by atoms with E-state index in [9.17, 15) is 9.18 Å². The van der Waals surface area contributed by atoms with Crippen molar-refractivity contribution in [1.82, 2.24) is 14.9 Å². The van der Waals surface area contributed by atoms with Gasteiger partial charge in [0.15, 0.2) is 0 Å². The minimum absolute atomic E-state index is 0.226. The number of pyridine rings is 1. The van der Waals surface area contributed by atoms with Crippen molar-refractivity contribution in [3.05, 3.63) is 53.8 Å². The van der Waals surface area contributed by atoms with Gasteiger partial charge in [-0.05, 0) is 50.0 Å². The Morgan fingerprint density at radius 1 is 1.16 bits per heavy atom. The second-order valence-electron chi connectivity index (χ2n) is 7.64. The van der Waals surface area contributed by atoms with Crippen LogP contribution in [0.1, 0.15) is 10.4 Å². The molecule has 2 aromatic carbocycles. The van der Waals surface area contributed by atoms with Crippen molar-refractivity contribution in [1.29, 1.82) is 0 Å². The van der Waals surface area contributed by atoms with Gasteiger partial charge in [-0.1, -0.05) is 12.1 Å². The highest BCUT2D eigenvalue weighted by Gasteiger charge is 2.16. The second kappa shape index (κ2) is 8.23. The Morgan fingerprint density at radius 2 is 1.90 bits per heavy atom. The molecule has 31 heavy (non-hydrogen) atoms. The standard InChI is InChI=1S/C23H24FN5O2/c1-25-19-11-15(24)10-16-20(26-8-9-29(2)3)17-12-18(27-22(17)28-21(16)19)13-4-6-14(7-5-13)23(30)31/h4-7,10-12,25H,8-9H2,1-3H3,(H,30,31)(H2,26,27,28). The average molecular weight is 421 g/mol. The zero-order chi connectivity index (χ0) is 22.1. The number of halogens is 1. The smallest absolute Gasteiger partial charge is 0.335 e. The zero-order valence-corrected chi connectivity index (χ0v) is 17.6. The van der Waals surface area contributed by atoms with Gasteiger partial charge in [-0.15, -0.1) is 0 Å². The number of benzene rings is 2. The van der Waals surface area contributed by atoms with E-state index in [2.05, 4.69) is 20.5 Å². The maximum Gasteiger partial charge on any atom is 0.335 e. The van der Waals surface area contributed by atoms with Crippen LogP contribution in [0.25, 0.3) is 33.2 Å². The predicted molar refractivity (Wildman–Crippen MR) is 123 cm³/mol. The van der Waals surface area contributed by atoms with Gasteiger partial charge in [0.2, 0.25) is 0 Å². The summed E-state index contributed by atoms with van der Waals surface area (Å²) >= 11 is 0. The maximum absolute atomic E-state index is 14.3. The number of hydrogen-bond acceptors (Lipinski definition) is 5. The number of carbonyl (C=O) groups is 1. The number of nitrogens with one attached hydrogen (secondary N) is 3. The first-order valence-electron chi connectivity index (χ1n) is 9.93. The highest BCUT2D eigenvalue weighted by Crippen LogP contribution is 2.37. The maximum atomic E-state index is 14.3. The minimum Gasteiger partial charge on any atom is -0.478 e. The summed E-state index contributed by atoms with van der Waals surface area (Å²) in [6, 6.07) is 11.5. The van der Waals surface area contributed by atoms with Crippen molar-refractivity contribution in [2.45, 2.75) is 0 Å². The highest BCUT2D eigenvalue weighted by molar-refractivity contribution is 6.11. The Morgan fingerprint density at radius 3 is 2.55 bits per heavy atom. The molecule has 0 unspecified atom stereocenters. The van der Waals surface area contributed by atoms with E-state index in [4.69, 9.17) is 10.1 Å². The monoisotopic (exact) mass is 421 g/mol. The fraction of sp³-hybridized carbons (Fsp3) is 0.217. The van der Waals surface area contributed by atoms with Crippen molar-refractivity contribution in [3.63, 3.8) is 0 Å². The van der Waals surface area contributed by atoms with Gasteiger partial charge in [-0.25, -0.2) is 14.2 Å². The van der Waals surface area contributed by atoms with Crippen molar-refractivity contribution < 1.29 is 14.3 Å². The third-order valence-corrected chi connectivity index (χ3v) is 5.21. The molecule has 0 saturated carbocycles. The number of aromatic carboxylic acids is 1. The average Bonchev–Trinajstić information content (AvgIpc) is 3.17. The Balaban J connectivity index is 1.89. The predicted octanol–water partition coefficient (Wildman–Crippen LogP) is 4.24. The van der Waals surface area contributed by atoms with Gasteiger partial charge in [0.25, 0.3) is 0 Å². The van der Waals surface area contributed by atoms with Crippen LogP contribution in [0.5, 0.6) is 0 Å². The lowest BCUT2D eigenvalue weighted by atomic mass is 10.1. The first-order chi connectivity index (χ1) is 14.9. The Labute approximate surface area is 178 Å². The first-order valence-corrected chi connectivity index (χ1v) is 9.93. The lowest BCUT2D eigenvalue weighted by Gasteiger charge is -2.15. The second-order valence-corrected chi connectivity index (χ2v) is 7.64. The molecule has 0 bridgehead atoms. The van der Waals surface area contributed by atoms with Crippen molar-refractivity contribution in [2.24, 2.45) is 0 Å². The van der Waals surface area contributed by atoms with Gasteiger partial charge in [0.1, 0.15) is 11.5 Å². The number of hydrogen-bond donors (Lipinski definition) is 4. The van der Waals surface area contributed by atoms with E-state index < -0.39 is 5.97 Å². The fourth-order valence-corrected chi connectivity index (χ4v) is 3.62. The Kier molecular flexibility index (Phi) is 5.48. The van der Waals surface area contributed by atoms with Crippen LogP contribution in [0.3, 0.4) is 0 Å². The number of aromatic nitrogens is 2. The SMILES string of the molecule is CNc1cc(F)cc2c(NCCN(C)C)c3cc(-c4ccc(C(=O)O)cc4)[nH]c3nc12. The summed E-state index contributed by atoms with van der Waals surface area (Å²) in [7, 11) is 5.73. The molecule has 0 amide bonds. The lowest BCUT2D eigenvalue weighted by Crippen LogP contribution is -2.21. The Hall–Kier alpha value is -3.65. The molecule has 2 heterocycles. The molecule has 0 atom stereocenters. The van der Waals surface area contributed by atoms with E-state index in [0.717, 1.165) is 28.9 Å². The van der Waals surface area contributed by atoms with Crippen LogP contribution >= 0.6 is 0 Å². The van der Waals surface area contributed by atoms with Crippen molar-refractivity contribution in [3.8, 4) is 11.3 Å². The number of H-pyrrole nitrogens is 1. The molecule has 7 nitrogen and oxygen atoms in total. The fourth-order valence-electron chi connectivity index (χ4n) is 3.62. The minimum atomic E-state index is -0.967. The third kappa shape index (κ3) is 4.02. The topological polar surface area (TPSA) is 93.3 Å². The van der Waals surface area contributed by atoms with Gasteiger partial charge in [0.05, 0.1) is 22.5 Å². The van der Waals surface area contributed by atoms with Crippen LogP contribution in [-0.4, -0.2) is 60.2 Å². The zero-order valence-electron chi connectivity index (χ0n) is 17.6. The Bertz CT molecular complexity index is 1260. The summed E-state index contributed by atoms with van der Waals surface area (Å²) in [6.45, 7) is 1.49. The molecule has 0 aliphatic heterocycles. The molecule has 4 rings (SSSR count). The quantitative estimate of drug-likeness (QED) is 0.357. The molecule has 2 aromatic heterocycles.